The Kier molecular flexibility index (Phi) is 3.86. The number of nitro benzene ring substituents is 1. The minimum absolute atomic E-state index is 0.0717. The zero-order chi connectivity index (χ0) is 13.8. The van der Waals surface area contributed by atoms with Crippen molar-refractivity contribution in [3.63, 3.8) is 0 Å². The molecule has 7 heteroatoms. The van der Waals surface area contributed by atoms with Gasteiger partial charge in [-0.25, -0.2) is 4.98 Å². The average Bonchev–Trinajstić information content (AvgIpc) is 2.81. The molecule has 0 saturated carbocycles. The first-order chi connectivity index (χ1) is 9.10. The molecule has 0 aliphatic rings. The summed E-state index contributed by atoms with van der Waals surface area (Å²) in [6, 6.07) is 3.99. The summed E-state index contributed by atoms with van der Waals surface area (Å²) in [5, 5.41) is 13.5. The molecule has 0 fully saturated rings. The smallest absolute Gasteiger partial charge is 0.310 e. The van der Waals surface area contributed by atoms with Crippen LogP contribution in [0, 0.1) is 17.0 Å². The molecule has 1 aromatic carbocycles. The highest BCUT2D eigenvalue weighted by Gasteiger charge is 2.16. The lowest BCUT2D eigenvalue weighted by molar-refractivity contribution is -0.385. The van der Waals surface area contributed by atoms with Gasteiger partial charge in [0.1, 0.15) is 17.9 Å². The second kappa shape index (κ2) is 5.57. The van der Waals surface area contributed by atoms with E-state index < -0.39 is 4.92 Å². The summed E-state index contributed by atoms with van der Waals surface area (Å²) >= 11 is 1.42. The molecule has 2 rings (SSSR count). The summed E-state index contributed by atoms with van der Waals surface area (Å²) in [7, 11) is 0. The number of nitro groups is 1. The number of ether oxygens (including phenoxy) is 1. The molecule has 1 aromatic heterocycles. The van der Waals surface area contributed by atoms with Gasteiger partial charge < -0.3 is 4.74 Å². The van der Waals surface area contributed by atoms with Gasteiger partial charge in [0.2, 0.25) is 0 Å². The van der Waals surface area contributed by atoms with E-state index in [4.69, 9.17) is 4.74 Å². The molecule has 0 N–H and O–H groups in total. The third-order valence-corrected chi connectivity index (χ3v) is 3.27. The lowest BCUT2D eigenvalue weighted by Gasteiger charge is -2.05. The van der Waals surface area contributed by atoms with Crippen LogP contribution in [0.5, 0.6) is 5.75 Å². The molecule has 0 aliphatic carbocycles. The Bertz CT molecular complexity index is 624. The molecule has 0 unspecified atom stereocenters. The molecule has 0 radical (unpaired) electrons. The maximum atomic E-state index is 10.9. The van der Waals surface area contributed by atoms with Crippen LogP contribution in [0.15, 0.2) is 23.6 Å². The highest BCUT2D eigenvalue weighted by molar-refractivity contribution is 7.09. The van der Waals surface area contributed by atoms with Gasteiger partial charge in [0.05, 0.1) is 4.92 Å². The average molecular weight is 278 g/mol. The van der Waals surface area contributed by atoms with E-state index >= 15 is 0 Å². The normalized spacial score (nSPS) is 10.2. The molecule has 98 valence electrons. The lowest BCUT2D eigenvalue weighted by atomic mass is 10.2. The second-order valence-electron chi connectivity index (χ2n) is 3.77. The Morgan fingerprint density at radius 1 is 1.53 bits per heavy atom. The molecule has 1 heterocycles. The van der Waals surface area contributed by atoms with E-state index in [0.717, 1.165) is 10.7 Å². The van der Waals surface area contributed by atoms with Gasteiger partial charge in [0.15, 0.2) is 5.75 Å². The summed E-state index contributed by atoms with van der Waals surface area (Å²) in [6.45, 7) is 2.00. The van der Waals surface area contributed by atoms with E-state index in [1.54, 1.807) is 0 Å². The maximum Gasteiger partial charge on any atom is 0.310 e. The van der Waals surface area contributed by atoms with Crippen LogP contribution in [0.3, 0.4) is 0 Å². The highest BCUT2D eigenvalue weighted by Crippen LogP contribution is 2.28. The van der Waals surface area contributed by atoms with E-state index in [1.807, 2.05) is 12.3 Å². The number of nitrogens with zero attached hydrogens (tertiary/aromatic N) is 2. The van der Waals surface area contributed by atoms with Crippen LogP contribution in [-0.2, 0) is 6.61 Å². The fourth-order valence-electron chi connectivity index (χ4n) is 1.48. The van der Waals surface area contributed by atoms with Crippen molar-refractivity contribution in [3.8, 4) is 5.75 Å². The first-order valence-electron chi connectivity index (χ1n) is 5.37. The van der Waals surface area contributed by atoms with Crippen molar-refractivity contribution in [1.29, 1.82) is 0 Å². The Balaban J connectivity index is 2.22. The Morgan fingerprint density at radius 3 is 2.89 bits per heavy atom. The summed E-state index contributed by atoms with van der Waals surface area (Å²) in [5.41, 5.74) is 1.04. The van der Waals surface area contributed by atoms with Crippen molar-refractivity contribution in [2.45, 2.75) is 13.5 Å². The van der Waals surface area contributed by atoms with E-state index in [1.165, 1.54) is 29.5 Å². The van der Waals surface area contributed by atoms with Crippen LogP contribution in [0.4, 0.5) is 5.69 Å². The first kappa shape index (κ1) is 13.2. The summed E-state index contributed by atoms with van der Waals surface area (Å²) in [6.07, 6.45) is 0.615. The van der Waals surface area contributed by atoms with Crippen molar-refractivity contribution in [2.75, 3.05) is 0 Å². The molecule has 0 amide bonds. The zero-order valence-corrected chi connectivity index (χ0v) is 10.8. The number of rotatable bonds is 5. The Morgan fingerprint density at radius 2 is 2.32 bits per heavy atom. The Labute approximate surface area is 112 Å². The number of benzene rings is 1. The van der Waals surface area contributed by atoms with Gasteiger partial charge >= 0.3 is 5.69 Å². The number of hydrogen-bond acceptors (Lipinski definition) is 6. The minimum atomic E-state index is -0.545. The zero-order valence-electron chi connectivity index (χ0n) is 10.0. The predicted octanol–water partition coefficient (Wildman–Crippen LogP) is 2.75. The third-order valence-electron chi connectivity index (χ3n) is 2.33. The molecule has 0 aliphatic heterocycles. The number of aryl methyl sites for hydroxylation is 1. The fraction of sp³-hybridized carbons (Fsp3) is 0.167. The number of hydrogen-bond donors (Lipinski definition) is 0. The number of carbonyl (C=O) groups is 1. The van der Waals surface area contributed by atoms with Crippen LogP contribution in [0.25, 0.3) is 0 Å². The number of carbonyl (C=O) groups excluding carboxylic acids is 1. The topological polar surface area (TPSA) is 82.3 Å². The van der Waals surface area contributed by atoms with Crippen LogP contribution in [0.2, 0.25) is 0 Å². The first-order valence-corrected chi connectivity index (χ1v) is 6.25. The summed E-state index contributed by atoms with van der Waals surface area (Å²) < 4.78 is 5.39. The molecular formula is C12H10N2O4S. The van der Waals surface area contributed by atoms with Crippen molar-refractivity contribution < 1.29 is 14.5 Å². The molecule has 0 spiro atoms. The van der Waals surface area contributed by atoms with Crippen LogP contribution in [0.1, 0.15) is 21.1 Å². The van der Waals surface area contributed by atoms with E-state index in [9.17, 15) is 14.9 Å². The van der Waals surface area contributed by atoms with Gasteiger partial charge in [-0.3, -0.25) is 14.9 Å². The standard InChI is InChI=1S/C12H10N2O4S/c1-8-7-19-12(13-8)6-18-11-4-9(5-15)2-3-10(11)14(16)17/h2-5,7H,6H2,1H3. The molecule has 6 nitrogen and oxygen atoms in total. The van der Waals surface area contributed by atoms with Crippen molar-refractivity contribution >= 4 is 23.3 Å². The van der Waals surface area contributed by atoms with Gasteiger partial charge in [-0.15, -0.1) is 11.3 Å². The SMILES string of the molecule is Cc1csc(COc2cc(C=O)ccc2[N+](=O)[O-])n1. The minimum Gasteiger partial charge on any atom is -0.479 e. The molecular weight excluding hydrogens is 268 g/mol. The molecule has 0 bridgehead atoms. The van der Waals surface area contributed by atoms with Gasteiger partial charge in [-0.05, 0) is 19.1 Å². The molecule has 19 heavy (non-hydrogen) atoms. The van der Waals surface area contributed by atoms with Crippen molar-refractivity contribution in [3.05, 3.63) is 50.0 Å². The van der Waals surface area contributed by atoms with Gasteiger partial charge in [0.25, 0.3) is 0 Å². The van der Waals surface area contributed by atoms with Gasteiger partial charge in [0, 0.05) is 22.7 Å². The van der Waals surface area contributed by atoms with Crippen LogP contribution in [-0.4, -0.2) is 16.2 Å². The van der Waals surface area contributed by atoms with Gasteiger partial charge in [-0.2, -0.15) is 0 Å². The molecule has 0 atom stereocenters. The Hall–Kier alpha value is -2.28. The molecule has 0 saturated heterocycles. The lowest BCUT2D eigenvalue weighted by Crippen LogP contribution is -2.00. The van der Waals surface area contributed by atoms with Gasteiger partial charge in [-0.1, -0.05) is 0 Å². The highest BCUT2D eigenvalue weighted by atomic mass is 32.1. The number of aromatic nitrogens is 1. The fourth-order valence-corrected chi connectivity index (χ4v) is 2.16. The predicted molar refractivity (Wildman–Crippen MR) is 69.7 cm³/mol. The van der Waals surface area contributed by atoms with Crippen LogP contribution < -0.4 is 4.74 Å². The maximum absolute atomic E-state index is 10.9. The quantitative estimate of drug-likeness (QED) is 0.477. The van der Waals surface area contributed by atoms with E-state index in [-0.39, 0.29) is 18.0 Å². The largest absolute Gasteiger partial charge is 0.479 e. The van der Waals surface area contributed by atoms with E-state index in [2.05, 4.69) is 4.98 Å². The monoisotopic (exact) mass is 278 g/mol. The summed E-state index contributed by atoms with van der Waals surface area (Å²) in [5.74, 6) is 0.0717. The molecule has 2 aromatic rings. The van der Waals surface area contributed by atoms with Crippen LogP contribution >= 0.6 is 11.3 Å². The van der Waals surface area contributed by atoms with E-state index in [0.29, 0.717) is 11.8 Å². The summed E-state index contributed by atoms with van der Waals surface area (Å²) in [4.78, 5) is 25.2. The number of aldehydes is 1. The van der Waals surface area contributed by atoms with Crippen molar-refractivity contribution in [1.82, 2.24) is 4.98 Å². The third kappa shape index (κ3) is 3.14. The second-order valence-corrected chi connectivity index (χ2v) is 4.72. The van der Waals surface area contributed by atoms with Crippen molar-refractivity contribution in [2.24, 2.45) is 0 Å². The number of thiazole rings is 1.